The van der Waals surface area contributed by atoms with Crippen molar-refractivity contribution in [3.05, 3.63) is 24.5 Å². The van der Waals surface area contributed by atoms with Crippen LogP contribution in [0.1, 0.15) is 291 Å². The van der Waals surface area contributed by atoms with Gasteiger partial charge in [-0.05, 0) is 94.7 Å². The highest BCUT2D eigenvalue weighted by Gasteiger charge is 2.19. The minimum Gasteiger partial charge on any atom is -0.465 e. The number of aromatic nitrogens is 1. The molecule has 6 heteroatoms. The van der Waals surface area contributed by atoms with Crippen molar-refractivity contribution in [2.45, 2.75) is 304 Å². The lowest BCUT2D eigenvalue weighted by atomic mass is 9.96. The first-order chi connectivity index (χ1) is 32.0. The van der Waals surface area contributed by atoms with E-state index in [1.165, 1.54) is 231 Å². The highest BCUT2D eigenvalue weighted by molar-refractivity contribution is 5.69. The van der Waals surface area contributed by atoms with Gasteiger partial charge in [-0.25, -0.2) is 0 Å². The number of aryl methyl sites for hydroxylation is 1. The van der Waals surface area contributed by atoms with Gasteiger partial charge in [-0.3, -0.25) is 9.59 Å². The van der Waals surface area contributed by atoms with E-state index < -0.39 is 0 Å². The summed E-state index contributed by atoms with van der Waals surface area (Å²) >= 11 is 0. The van der Waals surface area contributed by atoms with Gasteiger partial charge in [0, 0.05) is 44.4 Å². The normalized spacial score (nSPS) is 13.1. The Balaban J connectivity index is 2.57. The molecule has 6 nitrogen and oxygen atoms in total. The van der Waals surface area contributed by atoms with Crippen LogP contribution >= 0.6 is 0 Å². The Morgan fingerprint density at radius 1 is 0.400 bits per heavy atom. The second-order valence-electron chi connectivity index (χ2n) is 20.5. The number of rotatable bonds is 51. The van der Waals surface area contributed by atoms with Gasteiger partial charge in [0.05, 0.1) is 13.2 Å². The largest absolute Gasteiger partial charge is 0.465 e. The molecule has 0 aliphatic rings. The van der Waals surface area contributed by atoms with E-state index in [-0.39, 0.29) is 11.9 Å². The summed E-state index contributed by atoms with van der Waals surface area (Å²) in [6.45, 7) is 16.2. The van der Waals surface area contributed by atoms with Crippen molar-refractivity contribution in [1.29, 1.82) is 0 Å². The van der Waals surface area contributed by atoms with Crippen molar-refractivity contribution >= 4 is 11.9 Å². The van der Waals surface area contributed by atoms with Gasteiger partial charge < -0.3 is 18.9 Å². The van der Waals surface area contributed by atoms with E-state index in [1.54, 1.807) is 0 Å². The average Bonchev–Trinajstić information content (AvgIpc) is 3.84. The molecule has 65 heavy (non-hydrogen) atoms. The number of unbranched alkanes of at least 4 members (excludes halogenated alkanes) is 24. The molecule has 0 amide bonds. The Morgan fingerprint density at radius 2 is 0.738 bits per heavy atom. The van der Waals surface area contributed by atoms with E-state index in [0.717, 1.165) is 32.2 Å². The maximum atomic E-state index is 12.6. The van der Waals surface area contributed by atoms with Crippen molar-refractivity contribution in [2.75, 3.05) is 26.3 Å². The summed E-state index contributed by atoms with van der Waals surface area (Å²) in [6.07, 6.45) is 53.5. The predicted octanol–water partition coefficient (Wildman–Crippen LogP) is 18.2. The van der Waals surface area contributed by atoms with Gasteiger partial charge in [-0.2, -0.15) is 0 Å². The van der Waals surface area contributed by atoms with E-state index in [1.807, 2.05) is 0 Å². The highest BCUT2D eigenvalue weighted by atomic mass is 16.5. The zero-order valence-corrected chi connectivity index (χ0v) is 44.4. The molecule has 0 aliphatic heterocycles. The van der Waals surface area contributed by atoms with Crippen LogP contribution in [0.2, 0.25) is 0 Å². The lowest BCUT2D eigenvalue weighted by Gasteiger charge is -2.32. The van der Waals surface area contributed by atoms with Gasteiger partial charge in [0.1, 0.15) is 0 Å². The maximum absolute atomic E-state index is 12.6. The lowest BCUT2D eigenvalue weighted by Crippen LogP contribution is -2.37. The third-order valence-corrected chi connectivity index (χ3v) is 14.3. The van der Waals surface area contributed by atoms with Crippen LogP contribution < -0.4 is 0 Å². The van der Waals surface area contributed by atoms with Crippen molar-refractivity contribution in [1.82, 2.24) is 9.47 Å². The summed E-state index contributed by atoms with van der Waals surface area (Å²) in [6, 6.07) is 4.97. The Kier molecular flexibility index (Phi) is 44.5. The minimum atomic E-state index is 0.0234. The second-order valence-corrected chi connectivity index (χ2v) is 20.5. The third kappa shape index (κ3) is 38.8. The van der Waals surface area contributed by atoms with Crippen LogP contribution in [0, 0.1) is 11.8 Å². The summed E-state index contributed by atoms with van der Waals surface area (Å²) in [5.41, 5.74) is 0. The number of carbonyl (C=O) groups excluding carboxylic acids is 2. The van der Waals surface area contributed by atoms with Crippen LogP contribution in [-0.4, -0.2) is 53.8 Å². The molecule has 0 aromatic carbocycles. The van der Waals surface area contributed by atoms with E-state index in [4.69, 9.17) is 9.47 Å². The molecule has 0 N–H and O–H groups in total. The summed E-state index contributed by atoms with van der Waals surface area (Å²) in [5.74, 6) is 1.13. The van der Waals surface area contributed by atoms with Gasteiger partial charge in [0.2, 0.25) is 0 Å². The third-order valence-electron chi connectivity index (χ3n) is 14.3. The highest BCUT2D eigenvalue weighted by Crippen LogP contribution is 2.23. The first-order valence-electron chi connectivity index (χ1n) is 29.1. The van der Waals surface area contributed by atoms with Gasteiger partial charge in [0.25, 0.3) is 0 Å². The Bertz CT molecular complexity index is 1070. The fourth-order valence-electron chi connectivity index (χ4n) is 9.84. The van der Waals surface area contributed by atoms with Crippen LogP contribution in [0.5, 0.6) is 0 Å². The molecule has 0 aliphatic carbocycles. The summed E-state index contributed by atoms with van der Waals surface area (Å²) in [5, 5.41) is 0. The molecule has 1 aromatic rings. The number of ether oxygens (including phenoxy) is 2. The summed E-state index contributed by atoms with van der Waals surface area (Å²) in [7, 11) is 0. The van der Waals surface area contributed by atoms with Crippen molar-refractivity contribution in [2.24, 2.45) is 11.8 Å². The number of nitrogens with zero attached hydrogens (tertiary/aromatic N) is 2. The zero-order valence-electron chi connectivity index (χ0n) is 44.4. The van der Waals surface area contributed by atoms with Gasteiger partial charge in [0.15, 0.2) is 0 Å². The molecule has 382 valence electrons. The Morgan fingerprint density at radius 3 is 1.18 bits per heavy atom. The fourth-order valence-corrected chi connectivity index (χ4v) is 9.84. The van der Waals surface area contributed by atoms with Gasteiger partial charge in [-0.1, -0.05) is 214 Å². The molecule has 1 heterocycles. The van der Waals surface area contributed by atoms with Crippen molar-refractivity contribution in [3.63, 3.8) is 0 Å². The van der Waals surface area contributed by atoms with E-state index >= 15 is 0 Å². The standard InChI is InChI=1S/C59H112N2O4/c1-6-11-16-19-24-29-36-51-61(52-39-50-60-48-37-38-49-60)57(44-32-25-20-22-27-34-46-58(62)64-53-55(40-14-9-4)42-30-17-12-7-2)45-33-26-21-23-28-35-47-59(63)65-54-56(41-15-10-5)43-31-18-13-8-3/h37-38,48-49,55-57H,6-36,39-47,50-54H2,1-5H3. The first kappa shape index (κ1) is 61.2. The SMILES string of the molecule is CCCCCCCCCN(CCCn1cccc1)C(CCCCCCCCC(=O)OCC(CCCC)CCCCCC)CCCCCCCCC(=O)OCC(CCCC)CCCCCC. The van der Waals surface area contributed by atoms with Gasteiger partial charge in [-0.15, -0.1) is 0 Å². The Labute approximate surface area is 405 Å². The Hall–Kier alpha value is -1.82. The number of esters is 2. The van der Waals surface area contributed by atoms with E-state index in [2.05, 4.69) is 68.6 Å². The molecule has 2 atom stereocenters. The van der Waals surface area contributed by atoms with Crippen LogP contribution in [0.3, 0.4) is 0 Å². The lowest BCUT2D eigenvalue weighted by molar-refractivity contribution is -0.146. The molecule has 1 rings (SSSR count). The fraction of sp³-hybridized carbons (Fsp3) is 0.898. The quantitative estimate of drug-likeness (QED) is 0.0481. The predicted molar refractivity (Wildman–Crippen MR) is 282 cm³/mol. The van der Waals surface area contributed by atoms with Crippen LogP contribution in [-0.2, 0) is 25.6 Å². The monoisotopic (exact) mass is 913 g/mol. The molecule has 0 fully saturated rings. The smallest absolute Gasteiger partial charge is 0.305 e. The van der Waals surface area contributed by atoms with E-state index in [9.17, 15) is 9.59 Å². The molecular weight excluding hydrogens is 801 g/mol. The molecule has 0 bridgehead atoms. The minimum absolute atomic E-state index is 0.0234. The molecule has 0 radical (unpaired) electrons. The van der Waals surface area contributed by atoms with Crippen molar-refractivity contribution in [3.8, 4) is 0 Å². The van der Waals surface area contributed by atoms with Gasteiger partial charge >= 0.3 is 11.9 Å². The molecule has 0 saturated heterocycles. The topological polar surface area (TPSA) is 60.8 Å². The zero-order chi connectivity index (χ0) is 47.1. The summed E-state index contributed by atoms with van der Waals surface area (Å²) < 4.78 is 14.0. The second kappa shape index (κ2) is 47.3. The molecule has 2 unspecified atom stereocenters. The molecule has 0 saturated carbocycles. The van der Waals surface area contributed by atoms with Crippen LogP contribution in [0.15, 0.2) is 24.5 Å². The van der Waals surface area contributed by atoms with E-state index in [0.29, 0.717) is 43.9 Å². The number of carbonyl (C=O) groups is 2. The average molecular weight is 914 g/mol. The first-order valence-corrected chi connectivity index (χ1v) is 29.1. The summed E-state index contributed by atoms with van der Waals surface area (Å²) in [4.78, 5) is 28.2. The molecule has 1 aromatic heterocycles. The van der Waals surface area contributed by atoms with Crippen LogP contribution in [0.4, 0.5) is 0 Å². The number of hydrogen-bond acceptors (Lipinski definition) is 5. The van der Waals surface area contributed by atoms with Crippen LogP contribution in [0.25, 0.3) is 0 Å². The molecule has 0 spiro atoms. The number of hydrogen-bond donors (Lipinski definition) is 0. The maximum Gasteiger partial charge on any atom is 0.305 e. The molecular formula is C59H112N2O4. The van der Waals surface area contributed by atoms with Crippen molar-refractivity contribution < 1.29 is 19.1 Å².